The lowest BCUT2D eigenvalue weighted by molar-refractivity contribution is -0.123. The molecule has 114 valence electrons. The fraction of sp³-hybridized carbons (Fsp3) is 0.278. The highest BCUT2D eigenvalue weighted by atomic mass is 16.3. The highest BCUT2D eigenvalue weighted by Crippen LogP contribution is 2.42. The fourth-order valence-electron chi connectivity index (χ4n) is 3.60. The van der Waals surface area contributed by atoms with Crippen molar-refractivity contribution < 1.29 is 9.90 Å². The number of carbonyl (C=O) groups is 1. The Bertz CT molecular complexity index is 666. The molecule has 1 aliphatic heterocycles. The second kappa shape index (κ2) is 5.81. The summed E-state index contributed by atoms with van der Waals surface area (Å²) < 4.78 is 0. The predicted octanol–water partition coefficient (Wildman–Crippen LogP) is 1.77. The Morgan fingerprint density at radius 1 is 1.14 bits per heavy atom. The Hall–Kier alpha value is -2.33. The topological polar surface area (TPSA) is 75.4 Å². The van der Waals surface area contributed by atoms with Crippen LogP contribution in [0.1, 0.15) is 17.5 Å². The second-order valence-corrected chi connectivity index (χ2v) is 5.78. The zero-order valence-electron chi connectivity index (χ0n) is 12.3. The van der Waals surface area contributed by atoms with E-state index in [0.29, 0.717) is 0 Å². The summed E-state index contributed by atoms with van der Waals surface area (Å²) in [6.45, 7) is 1.60. The van der Waals surface area contributed by atoms with Crippen molar-refractivity contribution in [1.29, 1.82) is 0 Å². The molecule has 3 rings (SSSR count). The molecule has 1 aliphatic rings. The van der Waals surface area contributed by atoms with Gasteiger partial charge in [-0.25, -0.2) is 0 Å². The molecule has 4 heteroatoms. The Morgan fingerprint density at radius 3 is 2.45 bits per heavy atom. The average Bonchev–Trinajstić information content (AvgIpc) is 3.03. The summed E-state index contributed by atoms with van der Waals surface area (Å²) in [6, 6.07) is 16.5. The molecule has 1 fully saturated rings. The summed E-state index contributed by atoms with van der Waals surface area (Å²) >= 11 is 0. The number of phenols is 1. The average molecular weight is 296 g/mol. The third-order valence-corrected chi connectivity index (χ3v) is 4.59. The lowest BCUT2D eigenvalue weighted by Crippen LogP contribution is -2.49. The van der Waals surface area contributed by atoms with Gasteiger partial charge in [0, 0.05) is 0 Å². The van der Waals surface area contributed by atoms with E-state index in [2.05, 4.69) is 5.32 Å². The number of primary amides is 1. The molecule has 0 saturated carbocycles. The van der Waals surface area contributed by atoms with Gasteiger partial charge in [-0.05, 0) is 48.7 Å². The summed E-state index contributed by atoms with van der Waals surface area (Å²) in [6.07, 6.45) is 0.869. The zero-order chi connectivity index (χ0) is 15.6. The first-order chi connectivity index (χ1) is 10.7. The molecule has 2 unspecified atom stereocenters. The van der Waals surface area contributed by atoms with E-state index in [-0.39, 0.29) is 17.6 Å². The molecular weight excluding hydrogens is 276 g/mol. The van der Waals surface area contributed by atoms with E-state index >= 15 is 0 Å². The third kappa shape index (κ3) is 2.25. The van der Waals surface area contributed by atoms with Gasteiger partial charge in [0.25, 0.3) is 0 Å². The Morgan fingerprint density at radius 2 is 1.86 bits per heavy atom. The lowest BCUT2D eigenvalue weighted by atomic mass is 9.64. The third-order valence-electron chi connectivity index (χ3n) is 4.59. The van der Waals surface area contributed by atoms with Crippen molar-refractivity contribution in [2.45, 2.75) is 11.8 Å². The first-order valence-corrected chi connectivity index (χ1v) is 7.51. The van der Waals surface area contributed by atoms with E-state index < -0.39 is 5.41 Å². The number of benzene rings is 2. The van der Waals surface area contributed by atoms with Gasteiger partial charge in [-0.2, -0.15) is 0 Å². The number of aromatic hydroxyl groups is 1. The van der Waals surface area contributed by atoms with Crippen molar-refractivity contribution in [3.63, 3.8) is 0 Å². The largest absolute Gasteiger partial charge is 0.508 e. The van der Waals surface area contributed by atoms with E-state index in [4.69, 9.17) is 5.73 Å². The molecule has 0 radical (unpaired) electrons. The molecule has 0 aromatic heterocycles. The van der Waals surface area contributed by atoms with E-state index in [1.807, 2.05) is 36.4 Å². The van der Waals surface area contributed by atoms with Crippen LogP contribution < -0.4 is 11.1 Å². The van der Waals surface area contributed by atoms with Gasteiger partial charge in [0.15, 0.2) is 0 Å². The molecule has 1 saturated heterocycles. The van der Waals surface area contributed by atoms with Gasteiger partial charge in [-0.1, -0.05) is 42.5 Å². The SMILES string of the molecule is NC(=O)C(c1ccccc1)(c1cccc(O)c1)C1CCNC1. The summed E-state index contributed by atoms with van der Waals surface area (Å²) in [7, 11) is 0. The minimum absolute atomic E-state index is 0.0641. The zero-order valence-corrected chi connectivity index (χ0v) is 12.3. The Balaban J connectivity index is 2.26. The summed E-state index contributed by atoms with van der Waals surface area (Å²) in [5.41, 5.74) is 6.62. The minimum atomic E-state index is -0.927. The molecule has 1 amide bonds. The smallest absolute Gasteiger partial charge is 0.232 e. The van der Waals surface area contributed by atoms with Crippen molar-refractivity contribution in [2.24, 2.45) is 11.7 Å². The van der Waals surface area contributed by atoms with Crippen LogP contribution in [0.15, 0.2) is 54.6 Å². The maximum atomic E-state index is 12.6. The van der Waals surface area contributed by atoms with E-state index in [1.54, 1.807) is 18.2 Å². The highest BCUT2D eigenvalue weighted by molar-refractivity contribution is 5.91. The first kappa shape index (κ1) is 14.6. The van der Waals surface area contributed by atoms with E-state index in [9.17, 15) is 9.90 Å². The number of nitrogens with one attached hydrogen (secondary N) is 1. The van der Waals surface area contributed by atoms with Crippen LogP contribution in [0.3, 0.4) is 0 Å². The molecule has 4 nitrogen and oxygen atoms in total. The Labute approximate surface area is 130 Å². The lowest BCUT2D eigenvalue weighted by Gasteiger charge is -2.37. The van der Waals surface area contributed by atoms with Crippen LogP contribution in [0, 0.1) is 5.92 Å². The van der Waals surface area contributed by atoms with Crippen molar-refractivity contribution in [2.75, 3.05) is 13.1 Å². The van der Waals surface area contributed by atoms with Crippen LogP contribution in [0.5, 0.6) is 5.75 Å². The van der Waals surface area contributed by atoms with Crippen LogP contribution in [0.4, 0.5) is 0 Å². The first-order valence-electron chi connectivity index (χ1n) is 7.51. The highest BCUT2D eigenvalue weighted by Gasteiger charge is 2.48. The van der Waals surface area contributed by atoms with Crippen LogP contribution in [0.25, 0.3) is 0 Å². The van der Waals surface area contributed by atoms with Gasteiger partial charge in [0.2, 0.25) is 5.91 Å². The molecule has 0 spiro atoms. The molecule has 4 N–H and O–H groups in total. The van der Waals surface area contributed by atoms with Crippen LogP contribution in [0.2, 0.25) is 0 Å². The second-order valence-electron chi connectivity index (χ2n) is 5.78. The maximum Gasteiger partial charge on any atom is 0.232 e. The summed E-state index contributed by atoms with van der Waals surface area (Å²) in [4.78, 5) is 12.6. The number of amides is 1. The van der Waals surface area contributed by atoms with E-state index in [0.717, 1.165) is 30.6 Å². The molecule has 0 bridgehead atoms. The quantitative estimate of drug-likeness (QED) is 0.805. The van der Waals surface area contributed by atoms with Crippen LogP contribution >= 0.6 is 0 Å². The van der Waals surface area contributed by atoms with Gasteiger partial charge >= 0.3 is 0 Å². The monoisotopic (exact) mass is 296 g/mol. The number of nitrogens with two attached hydrogens (primary N) is 1. The van der Waals surface area contributed by atoms with Crippen molar-refractivity contribution in [3.8, 4) is 5.75 Å². The fourth-order valence-corrected chi connectivity index (χ4v) is 3.60. The number of hydrogen-bond acceptors (Lipinski definition) is 3. The van der Waals surface area contributed by atoms with Gasteiger partial charge in [0.05, 0.1) is 0 Å². The van der Waals surface area contributed by atoms with Crippen LogP contribution in [-0.4, -0.2) is 24.1 Å². The molecule has 2 aromatic rings. The number of hydrogen-bond donors (Lipinski definition) is 3. The normalized spacial score (nSPS) is 20.5. The van der Waals surface area contributed by atoms with Gasteiger partial charge < -0.3 is 16.2 Å². The van der Waals surface area contributed by atoms with Gasteiger partial charge in [-0.3, -0.25) is 4.79 Å². The molecule has 0 aliphatic carbocycles. The molecule has 2 atom stereocenters. The standard InChI is InChI=1S/C18H20N2O2/c19-17(22)18(15-9-10-20-12-15,13-5-2-1-3-6-13)14-7-4-8-16(21)11-14/h1-8,11,15,20-21H,9-10,12H2,(H2,19,22). The molecule has 2 aromatic carbocycles. The maximum absolute atomic E-state index is 12.6. The predicted molar refractivity (Wildman–Crippen MR) is 85.5 cm³/mol. The van der Waals surface area contributed by atoms with E-state index in [1.165, 1.54) is 0 Å². The van der Waals surface area contributed by atoms with Crippen molar-refractivity contribution >= 4 is 5.91 Å². The number of phenolic OH excluding ortho intramolecular Hbond substituents is 1. The van der Waals surface area contributed by atoms with Crippen molar-refractivity contribution in [3.05, 3.63) is 65.7 Å². The minimum Gasteiger partial charge on any atom is -0.508 e. The Kier molecular flexibility index (Phi) is 3.86. The van der Waals surface area contributed by atoms with Gasteiger partial charge in [0.1, 0.15) is 11.2 Å². The number of rotatable bonds is 4. The summed E-state index contributed by atoms with van der Waals surface area (Å²) in [5, 5.41) is 13.2. The molecule has 22 heavy (non-hydrogen) atoms. The summed E-state index contributed by atoms with van der Waals surface area (Å²) in [5.74, 6) is -0.169. The van der Waals surface area contributed by atoms with Gasteiger partial charge in [-0.15, -0.1) is 0 Å². The van der Waals surface area contributed by atoms with Crippen LogP contribution in [-0.2, 0) is 10.2 Å². The molecule has 1 heterocycles. The molecular formula is C18H20N2O2. The number of carbonyl (C=O) groups excluding carboxylic acids is 1. The van der Waals surface area contributed by atoms with Crippen molar-refractivity contribution in [1.82, 2.24) is 5.32 Å².